The van der Waals surface area contributed by atoms with Crippen LogP contribution in [0.4, 0.5) is 10.5 Å². The lowest BCUT2D eigenvalue weighted by Crippen LogP contribution is -2.07. The topological polar surface area (TPSA) is 71.5 Å². The number of hydrogen-bond acceptors (Lipinski definition) is 3. The number of carboxylic acid groups (broad SMARTS) is 1. The van der Waals surface area contributed by atoms with E-state index in [1.807, 2.05) is 0 Å². The van der Waals surface area contributed by atoms with Crippen molar-refractivity contribution in [2.45, 2.75) is 0 Å². The van der Waals surface area contributed by atoms with Gasteiger partial charge in [-0.3, -0.25) is 10.3 Å². The third kappa shape index (κ3) is 1.88. The highest BCUT2D eigenvalue weighted by Crippen LogP contribution is 2.25. The molecule has 2 rings (SSSR count). The summed E-state index contributed by atoms with van der Waals surface area (Å²) in [6, 6.07) is 6.91. The Bertz CT molecular complexity index is 540. The average Bonchev–Trinajstić information content (AvgIpc) is 2.28. The zero-order chi connectivity index (χ0) is 11.5. The van der Waals surface area contributed by atoms with Gasteiger partial charge in [0, 0.05) is 11.6 Å². The Morgan fingerprint density at radius 1 is 1.44 bits per heavy atom. The van der Waals surface area contributed by atoms with E-state index in [-0.39, 0.29) is 0 Å². The van der Waals surface area contributed by atoms with Gasteiger partial charge in [-0.25, -0.2) is 4.79 Å². The van der Waals surface area contributed by atoms with Crippen LogP contribution in [-0.4, -0.2) is 23.3 Å². The van der Waals surface area contributed by atoms with Gasteiger partial charge in [-0.05, 0) is 24.3 Å². The van der Waals surface area contributed by atoms with E-state index in [0.717, 1.165) is 0 Å². The maximum absolute atomic E-state index is 10.6. The smallest absolute Gasteiger partial charge is 0.409 e. The Morgan fingerprint density at radius 2 is 2.25 bits per heavy atom. The Morgan fingerprint density at radius 3 is 2.94 bits per heavy atom. The zero-order valence-electron chi connectivity index (χ0n) is 8.60. The summed E-state index contributed by atoms with van der Waals surface area (Å²) in [5.74, 6) is 0.661. The molecule has 16 heavy (non-hydrogen) atoms. The summed E-state index contributed by atoms with van der Waals surface area (Å²) < 4.78 is 5.08. The molecule has 2 N–H and O–H groups in total. The number of anilines is 1. The molecule has 0 spiro atoms. The standard InChI is InChI=1S/C11H10N2O3/c1-16-7-2-3-9-8(6-7)10(4-5-12-9)13-11(14)15/h2-6H,1H3,(H,12,13)(H,14,15). The number of fused-ring (bicyclic) bond motifs is 1. The van der Waals surface area contributed by atoms with E-state index in [1.165, 1.54) is 0 Å². The molecule has 0 aliphatic rings. The van der Waals surface area contributed by atoms with Crippen molar-refractivity contribution in [1.29, 1.82) is 0 Å². The lowest BCUT2D eigenvalue weighted by molar-refractivity contribution is 0.210. The largest absolute Gasteiger partial charge is 0.497 e. The summed E-state index contributed by atoms with van der Waals surface area (Å²) in [5.41, 5.74) is 1.21. The molecule has 1 heterocycles. The highest BCUT2D eigenvalue weighted by atomic mass is 16.5. The Hall–Kier alpha value is -2.30. The van der Waals surface area contributed by atoms with Crippen LogP contribution in [0.1, 0.15) is 0 Å². The van der Waals surface area contributed by atoms with Crippen molar-refractivity contribution < 1.29 is 14.6 Å². The fraction of sp³-hybridized carbons (Fsp3) is 0.0909. The minimum Gasteiger partial charge on any atom is -0.497 e. The van der Waals surface area contributed by atoms with Gasteiger partial charge < -0.3 is 9.84 Å². The van der Waals surface area contributed by atoms with Gasteiger partial charge in [0.25, 0.3) is 0 Å². The SMILES string of the molecule is COc1ccc2nccc(NC(=O)O)c2c1. The summed E-state index contributed by atoms with van der Waals surface area (Å²) in [6.45, 7) is 0. The fourth-order valence-electron chi connectivity index (χ4n) is 1.48. The van der Waals surface area contributed by atoms with Crippen molar-refractivity contribution in [1.82, 2.24) is 4.98 Å². The van der Waals surface area contributed by atoms with Gasteiger partial charge in [0.2, 0.25) is 0 Å². The number of rotatable bonds is 2. The highest BCUT2D eigenvalue weighted by molar-refractivity contribution is 5.98. The molecule has 0 aliphatic heterocycles. The number of hydrogen-bond donors (Lipinski definition) is 2. The van der Waals surface area contributed by atoms with Crippen LogP contribution in [0.2, 0.25) is 0 Å². The summed E-state index contributed by atoms with van der Waals surface area (Å²) in [5, 5.41) is 11.7. The van der Waals surface area contributed by atoms with Crippen LogP contribution in [0.15, 0.2) is 30.5 Å². The van der Waals surface area contributed by atoms with Gasteiger partial charge in [0.05, 0.1) is 18.3 Å². The molecule has 0 aliphatic carbocycles. The van der Waals surface area contributed by atoms with E-state index in [0.29, 0.717) is 22.3 Å². The molecule has 1 amide bonds. The number of pyridine rings is 1. The van der Waals surface area contributed by atoms with Gasteiger partial charge in [-0.1, -0.05) is 0 Å². The van der Waals surface area contributed by atoms with E-state index >= 15 is 0 Å². The van der Waals surface area contributed by atoms with Crippen LogP contribution in [0.3, 0.4) is 0 Å². The van der Waals surface area contributed by atoms with Crippen LogP contribution < -0.4 is 10.1 Å². The first-order valence-electron chi connectivity index (χ1n) is 4.63. The van der Waals surface area contributed by atoms with Gasteiger partial charge in [-0.15, -0.1) is 0 Å². The molecule has 1 aromatic carbocycles. The summed E-state index contributed by atoms with van der Waals surface area (Å²) in [7, 11) is 1.56. The van der Waals surface area contributed by atoms with E-state index < -0.39 is 6.09 Å². The lowest BCUT2D eigenvalue weighted by Gasteiger charge is -2.06. The second kappa shape index (κ2) is 4.06. The highest BCUT2D eigenvalue weighted by Gasteiger charge is 2.05. The molecule has 2 aromatic rings. The van der Waals surface area contributed by atoms with E-state index in [4.69, 9.17) is 9.84 Å². The molecule has 0 saturated carbocycles. The minimum absolute atomic E-state index is 0.497. The number of carbonyl (C=O) groups is 1. The zero-order valence-corrected chi connectivity index (χ0v) is 8.60. The van der Waals surface area contributed by atoms with Crippen molar-refractivity contribution >= 4 is 22.7 Å². The normalized spacial score (nSPS) is 10.1. The number of ether oxygens (including phenoxy) is 1. The first kappa shape index (κ1) is 10.2. The van der Waals surface area contributed by atoms with Gasteiger partial charge in [0.1, 0.15) is 5.75 Å². The summed E-state index contributed by atoms with van der Waals surface area (Å²) in [4.78, 5) is 14.7. The fourth-order valence-corrected chi connectivity index (χ4v) is 1.48. The van der Waals surface area contributed by atoms with Gasteiger partial charge in [0.15, 0.2) is 0 Å². The first-order chi connectivity index (χ1) is 7.70. The Balaban J connectivity index is 2.59. The molecule has 0 radical (unpaired) electrons. The molecule has 5 heteroatoms. The molecule has 0 fully saturated rings. The van der Waals surface area contributed by atoms with Crippen molar-refractivity contribution in [3.63, 3.8) is 0 Å². The van der Waals surface area contributed by atoms with E-state index in [9.17, 15) is 4.79 Å². The third-order valence-corrected chi connectivity index (χ3v) is 2.19. The van der Waals surface area contributed by atoms with Crippen LogP contribution in [-0.2, 0) is 0 Å². The predicted molar refractivity (Wildman–Crippen MR) is 59.9 cm³/mol. The summed E-state index contributed by atoms with van der Waals surface area (Å²) in [6.07, 6.45) is 0.454. The molecule has 0 unspecified atom stereocenters. The van der Waals surface area contributed by atoms with Gasteiger partial charge in [-0.2, -0.15) is 0 Å². The monoisotopic (exact) mass is 218 g/mol. The molecular formula is C11H10N2O3. The molecule has 0 saturated heterocycles. The Labute approximate surface area is 91.7 Å². The number of nitrogens with zero attached hydrogens (tertiary/aromatic N) is 1. The van der Waals surface area contributed by atoms with Crippen LogP contribution in [0.5, 0.6) is 5.75 Å². The maximum Gasteiger partial charge on any atom is 0.409 e. The van der Waals surface area contributed by atoms with Crippen molar-refractivity contribution in [3.8, 4) is 5.75 Å². The second-order valence-corrected chi connectivity index (χ2v) is 3.17. The average molecular weight is 218 g/mol. The number of benzene rings is 1. The summed E-state index contributed by atoms with van der Waals surface area (Å²) >= 11 is 0. The number of methoxy groups -OCH3 is 1. The second-order valence-electron chi connectivity index (χ2n) is 3.17. The molecule has 1 aromatic heterocycles. The van der Waals surface area contributed by atoms with Crippen LogP contribution in [0.25, 0.3) is 10.9 Å². The number of amides is 1. The van der Waals surface area contributed by atoms with Crippen molar-refractivity contribution in [3.05, 3.63) is 30.5 Å². The van der Waals surface area contributed by atoms with Crippen molar-refractivity contribution in [2.75, 3.05) is 12.4 Å². The van der Waals surface area contributed by atoms with E-state index in [1.54, 1.807) is 37.6 Å². The lowest BCUT2D eigenvalue weighted by atomic mass is 10.2. The van der Waals surface area contributed by atoms with Crippen LogP contribution in [0, 0.1) is 0 Å². The number of aromatic nitrogens is 1. The maximum atomic E-state index is 10.6. The molecule has 5 nitrogen and oxygen atoms in total. The number of nitrogens with one attached hydrogen (secondary N) is 1. The Kier molecular flexibility index (Phi) is 2.59. The predicted octanol–water partition coefficient (Wildman–Crippen LogP) is 2.33. The molecular weight excluding hydrogens is 208 g/mol. The molecule has 0 atom stereocenters. The van der Waals surface area contributed by atoms with E-state index in [2.05, 4.69) is 10.3 Å². The van der Waals surface area contributed by atoms with Crippen LogP contribution >= 0.6 is 0 Å². The molecule has 82 valence electrons. The third-order valence-electron chi connectivity index (χ3n) is 2.19. The molecule has 0 bridgehead atoms. The van der Waals surface area contributed by atoms with Gasteiger partial charge >= 0.3 is 6.09 Å². The first-order valence-corrected chi connectivity index (χ1v) is 4.63. The van der Waals surface area contributed by atoms with Crippen molar-refractivity contribution in [2.24, 2.45) is 0 Å². The minimum atomic E-state index is -1.10. The quantitative estimate of drug-likeness (QED) is 0.811.